The van der Waals surface area contributed by atoms with Crippen molar-refractivity contribution in [1.82, 2.24) is 14.8 Å². The Bertz CT molecular complexity index is 694. The number of amides is 1. The second-order valence-corrected chi connectivity index (χ2v) is 6.86. The Balaban J connectivity index is 1.63. The summed E-state index contributed by atoms with van der Waals surface area (Å²) in [6.07, 6.45) is 3.70. The number of carbonyl (C=O) groups excluding carboxylic acids is 1. The average Bonchev–Trinajstić information content (AvgIpc) is 2.68. The second kappa shape index (κ2) is 7.33. The van der Waals surface area contributed by atoms with Gasteiger partial charge in [0.05, 0.1) is 0 Å². The summed E-state index contributed by atoms with van der Waals surface area (Å²) in [5, 5.41) is 0. The van der Waals surface area contributed by atoms with E-state index in [0.29, 0.717) is 19.1 Å². The molecule has 1 saturated heterocycles. The van der Waals surface area contributed by atoms with Gasteiger partial charge in [-0.25, -0.2) is 0 Å². The SMILES string of the molecule is CC(c1cccnc1)N1CCN(C(=O)C(C)(N)c2ccccc2)CC1. The van der Waals surface area contributed by atoms with Crippen LogP contribution in [0.3, 0.4) is 0 Å². The quantitative estimate of drug-likeness (QED) is 0.928. The molecule has 1 aromatic heterocycles. The van der Waals surface area contributed by atoms with Gasteiger partial charge < -0.3 is 10.6 Å². The summed E-state index contributed by atoms with van der Waals surface area (Å²) in [7, 11) is 0. The number of nitrogens with two attached hydrogens (primary N) is 1. The fourth-order valence-electron chi connectivity index (χ4n) is 3.38. The molecule has 3 rings (SSSR count). The van der Waals surface area contributed by atoms with Crippen molar-refractivity contribution in [2.75, 3.05) is 26.2 Å². The molecule has 132 valence electrons. The van der Waals surface area contributed by atoms with E-state index >= 15 is 0 Å². The average molecular weight is 338 g/mol. The lowest BCUT2D eigenvalue weighted by Gasteiger charge is -2.40. The van der Waals surface area contributed by atoms with Crippen molar-refractivity contribution in [3.05, 3.63) is 66.0 Å². The lowest BCUT2D eigenvalue weighted by atomic mass is 9.91. The molecule has 1 amide bonds. The van der Waals surface area contributed by atoms with Gasteiger partial charge in [-0.3, -0.25) is 14.7 Å². The summed E-state index contributed by atoms with van der Waals surface area (Å²) in [6, 6.07) is 14.0. The lowest BCUT2D eigenvalue weighted by Crippen LogP contribution is -2.56. The molecule has 1 aliphatic heterocycles. The van der Waals surface area contributed by atoms with E-state index in [2.05, 4.69) is 22.9 Å². The van der Waals surface area contributed by atoms with E-state index in [4.69, 9.17) is 5.73 Å². The summed E-state index contributed by atoms with van der Waals surface area (Å²) in [5.74, 6) is -0.00705. The third-order valence-corrected chi connectivity index (χ3v) is 5.13. The molecule has 2 heterocycles. The highest BCUT2D eigenvalue weighted by Crippen LogP contribution is 2.24. The van der Waals surface area contributed by atoms with Crippen LogP contribution in [0.25, 0.3) is 0 Å². The van der Waals surface area contributed by atoms with E-state index < -0.39 is 5.54 Å². The van der Waals surface area contributed by atoms with Gasteiger partial charge >= 0.3 is 0 Å². The predicted octanol–water partition coefficient (Wildman–Crippen LogP) is 2.16. The maximum atomic E-state index is 12.9. The molecule has 1 aromatic carbocycles. The van der Waals surface area contributed by atoms with Crippen LogP contribution >= 0.6 is 0 Å². The Morgan fingerprint density at radius 3 is 2.40 bits per heavy atom. The van der Waals surface area contributed by atoms with Crippen molar-refractivity contribution in [2.24, 2.45) is 5.73 Å². The third kappa shape index (κ3) is 3.72. The van der Waals surface area contributed by atoms with E-state index in [9.17, 15) is 4.79 Å². The second-order valence-electron chi connectivity index (χ2n) is 6.86. The monoisotopic (exact) mass is 338 g/mol. The first kappa shape index (κ1) is 17.6. The van der Waals surface area contributed by atoms with Gasteiger partial charge in [-0.1, -0.05) is 36.4 Å². The van der Waals surface area contributed by atoms with Crippen LogP contribution in [0.4, 0.5) is 0 Å². The van der Waals surface area contributed by atoms with Crippen LogP contribution in [0.15, 0.2) is 54.9 Å². The van der Waals surface area contributed by atoms with Gasteiger partial charge in [-0.15, -0.1) is 0 Å². The van der Waals surface area contributed by atoms with E-state index in [-0.39, 0.29) is 5.91 Å². The van der Waals surface area contributed by atoms with Crippen molar-refractivity contribution >= 4 is 5.91 Å². The highest BCUT2D eigenvalue weighted by molar-refractivity contribution is 5.87. The first-order valence-electron chi connectivity index (χ1n) is 8.78. The molecule has 0 spiro atoms. The molecule has 5 nitrogen and oxygen atoms in total. The van der Waals surface area contributed by atoms with Gasteiger partial charge in [0.1, 0.15) is 5.54 Å². The number of rotatable bonds is 4. The normalized spacial score (nSPS) is 19.2. The fraction of sp³-hybridized carbons (Fsp3) is 0.400. The Morgan fingerprint density at radius 1 is 1.12 bits per heavy atom. The molecule has 5 heteroatoms. The molecular formula is C20H26N4O. The van der Waals surface area contributed by atoms with Crippen LogP contribution in [0.1, 0.15) is 31.0 Å². The summed E-state index contributed by atoms with van der Waals surface area (Å²) in [4.78, 5) is 21.4. The molecule has 1 aliphatic rings. The largest absolute Gasteiger partial charge is 0.338 e. The maximum Gasteiger partial charge on any atom is 0.247 e. The molecule has 0 aliphatic carbocycles. The van der Waals surface area contributed by atoms with E-state index in [0.717, 1.165) is 18.7 Å². The zero-order valence-electron chi connectivity index (χ0n) is 14.9. The number of pyridine rings is 1. The first-order valence-corrected chi connectivity index (χ1v) is 8.78. The summed E-state index contributed by atoms with van der Waals surface area (Å²) < 4.78 is 0. The smallest absolute Gasteiger partial charge is 0.247 e. The van der Waals surface area contributed by atoms with Crippen molar-refractivity contribution in [1.29, 1.82) is 0 Å². The Kier molecular flexibility index (Phi) is 5.16. The molecule has 0 saturated carbocycles. The van der Waals surface area contributed by atoms with Crippen molar-refractivity contribution in [3.63, 3.8) is 0 Å². The molecule has 25 heavy (non-hydrogen) atoms. The van der Waals surface area contributed by atoms with Gasteiger partial charge in [0.2, 0.25) is 5.91 Å². The highest BCUT2D eigenvalue weighted by Gasteiger charge is 2.36. The van der Waals surface area contributed by atoms with Crippen molar-refractivity contribution in [2.45, 2.75) is 25.4 Å². The summed E-state index contributed by atoms with van der Waals surface area (Å²) in [5.41, 5.74) is 7.45. The molecule has 0 bridgehead atoms. The number of hydrogen-bond donors (Lipinski definition) is 1. The molecule has 2 aromatic rings. The van der Waals surface area contributed by atoms with Crippen molar-refractivity contribution < 1.29 is 4.79 Å². The maximum absolute atomic E-state index is 12.9. The topological polar surface area (TPSA) is 62.5 Å². The minimum absolute atomic E-state index is 0.00705. The van der Waals surface area contributed by atoms with Crippen LogP contribution in [-0.2, 0) is 10.3 Å². The zero-order chi connectivity index (χ0) is 17.9. The van der Waals surface area contributed by atoms with Crippen LogP contribution in [0.2, 0.25) is 0 Å². The Morgan fingerprint density at radius 2 is 1.80 bits per heavy atom. The molecule has 2 atom stereocenters. The summed E-state index contributed by atoms with van der Waals surface area (Å²) >= 11 is 0. The summed E-state index contributed by atoms with van der Waals surface area (Å²) in [6.45, 7) is 7.06. The molecule has 2 N–H and O–H groups in total. The van der Waals surface area contributed by atoms with E-state index in [1.807, 2.05) is 47.5 Å². The van der Waals surface area contributed by atoms with Crippen molar-refractivity contribution in [3.8, 4) is 0 Å². The van der Waals surface area contributed by atoms with Crippen LogP contribution in [0, 0.1) is 0 Å². The van der Waals surface area contributed by atoms with Crippen LogP contribution in [-0.4, -0.2) is 46.9 Å². The van der Waals surface area contributed by atoms with Gasteiger partial charge in [-0.05, 0) is 31.0 Å². The van der Waals surface area contributed by atoms with Gasteiger partial charge in [-0.2, -0.15) is 0 Å². The minimum Gasteiger partial charge on any atom is -0.338 e. The van der Waals surface area contributed by atoms with E-state index in [1.54, 1.807) is 13.1 Å². The van der Waals surface area contributed by atoms with Crippen LogP contribution < -0.4 is 5.73 Å². The zero-order valence-corrected chi connectivity index (χ0v) is 14.9. The third-order valence-electron chi connectivity index (χ3n) is 5.13. The van der Waals surface area contributed by atoms with Gasteiger partial charge in [0, 0.05) is 44.6 Å². The number of nitrogens with zero attached hydrogens (tertiary/aromatic N) is 3. The highest BCUT2D eigenvalue weighted by atomic mass is 16.2. The fourth-order valence-corrected chi connectivity index (χ4v) is 3.38. The van der Waals surface area contributed by atoms with E-state index in [1.165, 1.54) is 5.56 Å². The molecule has 0 radical (unpaired) electrons. The number of piperazine rings is 1. The number of carbonyl (C=O) groups is 1. The van der Waals surface area contributed by atoms with Gasteiger partial charge in [0.25, 0.3) is 0 Å². The lowest BCUT2D eigenvalue weighted by molar-refractivity contribution is -0.138. The Hall–Kier alpha value is -2.24. The van der Waals surface area contributed by atoms with Crippen LogP contribution in [0.5, 0.6) is 0 Å². The number of benzene rings is 1. The Labute approximate surface area is 149 Å². The molecule has 1 fully saturated rings. The first-order chi connectivity index (χ1) is 12.0. The predicted molar refractivity (Wildman–Crippen MR) is 98.8 cm³/mol. The molecule has 2 unspecified atom stereocenters. The molecular weight excluding hydrogens is 312 g/mol. The number of hydrogen-bond acceptors (Lipinski definition) is 4. The standard InChI is InChI=1S/C20H26N4O/c1-16(17-7-6-10-22-15-17)23-11-13-24(14-12-23)19(25)20(2,21)18-8-4-3-5-9-18/h3-10,15-16H,11-14,21H2,1-2H3. The number of aromatic nitrogens is 1. The minimum atomic E-state index is -0.988. The van der Waals surface area contributed by atoms with Gasteiger partial charge in [0.15, 0.2) is 0 Å².